The number of carbonyl (C=O) groups is 2. The Balaban J connectivity index is 0.000000166. The van der Waals surface area contributed by atoms with Crippen molar-refractivity contribution in [3.8, 4) is 34.5 Å². The molecule has 2 amide bonds. The van der Waals surface area contributed by atoms with Crippen molar-refractivity contribution < 1.29 is 19.1 Å². The molecule has 8 heterocycles. The second-order valence-corrected chi connectivity index (χ2v) is 17.5. The second kappa shape index (κ2) is 20.1. The molecule has 4 aliphatic rings. The fourth-order valence-corrected chi connectivity index (χ4v) is 9.03. The number of hydrogen-bond donors (Lipinski definition) is 2. The van der Waals surface area contributed by atoms with Gasteiger partial charge in [0.05, 0.1) is 24.3 Å². The molecular weight excluding hydrogens is 837 g/mol. The number of nitrogens with zero attached hydrogens (tertiary/aromatic N) is 12. The second-order valence-electron chi connectivity index (χ2n) is 17.5. The van der Waals surface area contributed by atoms with Crippen LogP contribution in [0.3, 0.4) is 0 Å². The highest BCUT2D eigenvalue weighted by Crippen LogP contribution is 2.32. The van der Waals surface area contributed by atoms with Crippen molar-refractivity contribution in [3.05, 3.63) is 96.6 Å². The topological polar surface area (TPSA) is 177 Å². The number of amides is 2. The lowest BCUT2D eigenvalue weighted by atomic mass is 10.1. The van der Waals surface area contributed by atoms with Gasteiger partial charge in [0.1, 0.15) is 47.2 Å². The molecule has 0 aliphatic carbocycles. The van der Waals surface area contributed by atoms with Crippen LogP contribution < -0.4 is 29.9 Å². The van der Waals surface area contributed by atoms with E-state index in [0.29, 0.717) is 82.6 Å². The first-order valence-electron chi connectivity index (χ1n) is 22.9. The molecule has 4 aromatic heterocycles. The largest absolute Gasteiger partial charge is 0.493 e. The van der Waals surface area contributed by atoms with Gasteiger partial charge < -0.3 is 48.8 Å². The summed E-state index contributed by atoms with van der Waals surface area (Å²) in [6.45, 7) is 13.0. The molecule has 0 spiro atoms. The number of ether oxygens (including phenoxy) is 2. The molecule has 2 fully saturated rings. The Labute approximate surface area is 385 Å². The van der Waals surface area contributed by atoms with E-state index < -0.39 is 0 Å². The monoisotopic (exact) mass is 894 g/mol. The third kappa shape index (κ3) is 10.1. The van der Waals surface area contributed by atoms with Crippen LogP contribution >= 0.6 is 0 Å². The number of anilines is 4. The Morgan fingerprint density at radius 3 is 1.45 bits per heavy atom. The normalized spacial score (nSPS) is 19.6. The number of pyridine rings is 2. The minimum atomic E-state index is -0.244. The molecule has 344 valence electrons. The van der Waals surface area contributed by atoms with Crippen molar-refractivity contribution in [1.82, 2.24) is 49.3 Å². The summed E-state index contributed by atoms with van der Waals surface area (Å²) < 4.78 is 16.3. The van der Waals surface area contributed by atoms with Crippen LogP contribution in [0.5, 0.6) is 11.5 Å². The Hall–Kier alpha value is -6.92. The van der Waals surface area contributed by atoms with Crippen molar-refractivity contribution in [2.75, 3.05) is 87.0 Å². The fraction of sp³-hybridized carbons (Fsp3) is 0.417. The van der Waals surface area contributed by atoms with Crippen LogP contribution in [-0.2, 0) is 13.1 Å². The number of aryl methyl sites for hydroxylation is 2. The highest BCUT2D eigenvalue weighted by molar-refractivity contribution is 6.07. The summed E-state index contributed by atoms with van der Waals surface area (Å²) in [6, 6.07) is 23.5. The zero-order valence-corrected chi connectivity index (χ0v) is 38.1. The summed E-state index contributed by atoms with van der Waals surface area (Å²) in [5.74, 6) is 3.03. The average Bonchev–Trinajstić information content (AvgIpc) is 3.99. The van der Waals surface area contributed by atoms with Gasteiger partial charge >= 0.3 is 0 Å². The van der Waals surface area contributed by atoms with Crippen LogP contribution in [0.2, 0.25) is 0 Å². The van der Waals surface area contributed by atoms with E-state index in [4.69, 9.17) is 9.47 Å². The molecule has 0 unspecified atom stereocenters. The van der Waals surface area contributed by atoms with Gasteiger partial charge in [0.15, 0.2) is 11.6 Å². The number of carbonyl (C=O) groups excluding carboxylic acids is 2. The molecule has 2 N–H and O–H groups in total. The minimum Gasteiger partial charge on any atom is -0.493 e. The molecule has 18 heteroatoms. The number of piperazine rings is 2. The van der Waals surface area contributed by atoms with Gasteiger partial charge in [0, 0.05) is 87.9 Å². The molecule has 2 aromatic carbocycles. The van der Waals surface area contributed by atoms with E-state index in [1.807, 2.05) is 69.8 Å². The molecule has 2 saturated heterocycles. The van der Waals surface area contributed by atoms with Crippen molar-refractivity contribution in [2.24, 2.45) is 0 Å². The van der Waals surface area contributed by atoms with E-state index in [1.54, 1.807) is 24.8 Å². The predicted octanol–water partition coefficient (Wildman–Crippen LogP) is 5.81. The van der Waals surface area contributed by atoms with Gasteiger partial charge in [-0.1, -0.05) is 12.1 Å². The zero-order valence-electron chi connectivity index (χ0n) is 38.1. The highest BCUT2D eigenvalue weighted by atomic mass is 16.5. The Morgan fingerprint density at radius 2 is 1.02 bits per heavy atom. The lowest BCUT2D eigenvalue weighted by molar-refractivity contribution is 0.101. The molecule has 4 bridgehead atoms. The van der Waals surface area contributed by atoms with E-state index in [1.165, 1.54) is 0 Å². The maximum atomic E-state index is 13.2. The van der Waals surface area contributed by atoms with Crippen LogP contribution in [-0.4, -0.2) is 140 Å². The number of hydrogen-bond acceptors (Lipinski definition) is 14. The first-order chi connectivity index (χ1) is 32.2. The third-order valence-corrected chi connectivity index (χ3v) is 12.5. The number of likely N-dealkylation sites (N-methyl/N-ethyl adjacent to an activating group) is 2. The first kappa shape index (κ1) is 44.3. The highest BCUT2D eigenvalue weighted by Gasteiger charge is 2.26. The summed E-state index contributed by atoms with van der Waals surface area (Å²) in [6.07, 6.45) is 6.94. The smallest absolute Gasteiger partial charge is 0.260 e. The molecule has 66 heavy (non-hydrogen) atoms. The van der Waals surface area contributed by atoms with Gasteiger partial charge in [0.25, 0.3) is 11.8 Å². The number of fused-ring (bicyclic) bond motifs is 10. The Morgan fingerprint density at radius 1 is 0.561 bits per heavy atom. The van der Waals surface area contributed by atoms with Crippen LogP contribution in [0, 0.1) is 0 Å². The van der Waals surface area contributed by atoms with Crippen molar-refractivity contribution >= 4 is 34.8 Å². The maximum Gasteiger partial charge on any atom is 0.260 e. The van der Waals surface area contributed by atoms with Crippen LogP contribution in [0.4, 0.5) is 23.0 Å². The van der Waals surface area contributed by atoms with Crippen LogP contribution in [0.1, 0.15) is 60.2 Å². The lowest BCUT2D eigenvalue weighted by Gasteiger charge is -2.40. The third-order valence-electron chi connectivity index (χ3n) is 12.5. The van der Waals surface area contributed by atoms with E-state index in [2.05, 4.69) is 88.5 Å². The molecule has 4 aliphatic heterocycles. The average molecular weight is 895 g/mol. The SMILES string of the molecule is C[C@@H]1CN(C)CCN1c1ccc2c(c1)OCCCCn1cnnc1-c1cccc(n1)NC2=O.C[C@H]1CN(C)CCN1c1ccc2c(c1)OCCCCn1cnnc1-c1cccc(n1)NC2=O. The Bertz CT molecular complexity index is 2470. The summed E-state index contributed by atoms with van der Waals surface area (Å²) in [5, 5.41) is 22.4. The molecule has 0 radical (unpaired) electrons. The van der Waals surface area contributed by atoms with E-state index in [9.17, 15) is 9.59 Å². The van der Waals surface area contributed by atoms with E-state index in [-0.39, 0.29) is 11.8 Å². The Kier molecular flexibility index (Phi) is 13.5. The molecule has 18 nitrogen and oxygen atoms in total. The summed E-state index contributed by atoms with van der Waals surface area (Å²) in [7, 11) is 4.30. The summed E-state index contributed by atoms with van der Waals surface area (Å²) in [4.78, 5) is 45.0. The standard InChI is InChI=1S/2C24H29N7O2/c2*1-17-15-29(2)11-12-31(17)18-8-9-19-21(14-18)33-13-4-3-10-30-16-25-28-23(30)20-6-5-7-22(26-20)27-24(19)32/h2*5-9,14,16-17H,3-4,10-13,15H2,1-2H3,(H,26,27,32)/t2*17-/m10/s1. The number of benzene rings is 2. The van der Waals surface area contributed by atoms with Crippen molar-refractivity contribution in [2.45, 2.75) is 64.7 Å². The fourth-order valence-electron chi connectivity index (χ4n) is 9.03. The van der Waals surface area contributed by atoms with Gasteiger partial charge in [-0.15, -0.1) is 20.4 Å². The molecule has 10 rings (SSSR count). The number of aromatic nitrogens is 8. The van der Waals surface area contributed by atoms with Crippen LogP contribution in [0.25, 0.3) is 23.0 Å². The lowest BCUT2D eigenvalue weighted by Crippen LogP contribution is -2.50. The van der Waals surface area contributed by atoms with Gasteiger partial charge in [-0.2, -0.15) is 0 Å². The van der Waals surface area contributed by atoms with Gasteiger partial charge in [0.2, 0.25) is 0 Å². The molecular formula is C48H58N14O4. The molecule has 2 atom stereocenters. The van der Waals surface area contributed by atoms with Crippen LogP contribution in [0.15, 0.2) is 85.5 Å². The number of nitrogens with one attached hydrogen (secondary N) is 2. The van der Waals surface area contributed by atoms with Crippen molar-refractivity contribution in [3.63, 3.8) is 0 Å². The molecule has 6 aromatic rings. The minimum absolute atomic E-state index is 0.244. The van der Waals surface area contributed by atoms with Gasteiger partial charge in [-0.3, -0.25) is 9.59 Å². The van der Waals surface area contributed by atoms with E-state index in [0.717, 1.165) is 89.4 Å². The van der Waals surface area contributed by atoms with Gasteiger partial charge in [-0.25, -0.2) is 9.97 Å². The predicted molar refractivity (Wildman–Crippen MR) is 253 cm³/mol. The van der Waals surface area contributed by atoms with Gasteiger partial charge in [-0.05, 0) is 102 Å². The zero-order chi connectivity index (χ0) is 45.6. The maximum absolute atomic E-state index is 13.2. The quantitative estimate of drug-likeness (QED) is 0.213. The number of rotatable bonds is 2. The first-order valence-corrected chi connectivity index (χ1v) is 22.9. The summed E-state index contributed by atoms with van der Waals surface area (Å²) >= 11 is 0. The molecule has 0 saturated carbocycles. The van der Waals surface area contributed by atoms with Crippen molar-refractivity contribution in [1.29, 1.82) is 0 Å². The van der Waals surface area contributed by atoms with E-state index >= 15 is 0 Å². The summed E-state index contributed by atoms with van der Waals surface area (Å²) in [5.41, 5.74) is 4.53.